The fourth-order valence-corrected chi connectivity index (χ4v) is 4.67. The maximum Gasteiger partial charge on any atom is 0.261 e. The van der Waals surface area contributed by atoms with Crippen LogP contribution in [0.4, 0.5) is 10.1 Å². The molecule has 0 saturated heterocycles. The molecule has 152 valence electrons. The Morgan fingerprint density at radius 2 is 1.89 bits per heavy atom. The van der Waals surface area contributed by atoms with Crippen LogP contribution in [-0.2, 0) is 22.9 Å². The highest BCUT2D eigenvalue weighted by atomic mass is 32.2. The van der Waals surface area contributed by atoms with Crippen molar-refractivity contribution in [3.05, 3.63) is 59.2 Å². The van der Waals surface area contributed by atoms with Crippen LogP contribution in [0.25, 0.3) is 0 Å². The summed E-state index contributed by atoms with van der Waals surface area (Å²) in [6.45, 7) is 4.50. The molecule has 1 aliphatic rings. The molecule has 0 heterocycles. The average Bonchev–Trinajstić information content (AvgIpc) is 2.71. The van der Waals surface area contributed by atoms with Gasteiger partial charge in [0.1, 0.15) is 0 Å². The summed E-state index contributed by atoms with van der Waals surface area (Å²) in [6, 6.07) is 12.7. The number of nitrogens with one attached hydrogen (secondary N) is 2. The van der Waals surface area contributed by atoms with E-state index in [1.165, 1.54) is 23.3 Å². The van der Waals surface area contributed by atoms with Gasteiger partial charge < -0.3 is 5.32 Å². The van der Waals surface area contributed by atoms with Crippen LogP contribution >= 0.6 is 0 Å². The first-order valence-corrected chi connectivity index (χ1v) is 11.4. The maximum atomic E-state index is 12.8. The van der Waals surface area contributed by atoms with Crippen LogP contribution in [-0.4, -0.2) is 27.7 Å². The molecule has 6 heteroatoms. The first-order valence-electron chi connectivity index (χ1n) is 9.97. The van der Waals surface area contributed by atoms with Gasteiger partial charge in [0.05, 0.1) is 11.6 Å². The number of aryl methyl sites for hydroxylation is 1. The van der Waals surface area contributed by atoms with E-state index in [4.69, 9.17) is 0 Å². The summed E-state index contributed by atoms with van der Waals surface area (Å²) in [5.41, 5.74) is 3.87. The van der Waals surface area contributed by atoms with Crippen LogP contribution in [0.1, 0.15) is 49.3 Å². The molecule has 2 atom stereocenters. The maximum absolute atomic E-state index is 12.8. The predicted molar refractivity (Wildman–Crippen MR) is 112 cm³/mol. The lowest BCUT2D eigenvalue weighted by Gasteiger charge is -2.26. The Kier molecular flexibility index (Phi) is 6.73. The Morgan fingerprint density at radius 1 is 1.14 bits per heavy atom. The SMILES string of the molecule is CCCNC1CCc2cc(NS(=O)(=O)c3ccc([C@H](C)CF)cc3)ccc2C1. The van der Waals surface area contributed by atoms with Gasteiger partial charge in [-0.2, -0.15) is 0 Å². The molecule has 0 spiro atoms. The van der Waals surface area contributed by atoms with Gasteiger partial charge in [0.25, 0.3) is 10.0 Å². The van der Waals surface area contributed by atoms with Crippen molar-refractivity contribution in [2.75, 3.05) is 17.9 Å². The van der Waals surface area contributed by atoms with Crippen molar-refractivity contribution in [2.45, 2.75) is 56.4 Å². The van der Waals surface area contributed by atoms with Gasteiger partial charge in [-0.1, -0.05) is 32.0 Å². The van der Waals surface area contributed by atoms with Gasteiger partial charge in [-0.3, -0.25) is 9.11 Å². The molecule has 2 N–H and O–H groups in total. The highest BCUT2D eigenvalue weighted by Crippen LogP contribution is 2.26. The van der Waals surface area contributed by atoms with Crippen molar-refractivity contribution in [3.8, 4) is 0 Å². The van der Waals surface area contributed by atoms with Crippen LogP contribution in [0.2, 0.25) is 0 Å². The molecule has 0 saturated carbocycles. The van der Waals surface area contributed by atoms with Crippen LogP contribution in [0.5, 0.6) is 0 Å². The Labute approximate surface area is 167 Å². The van der Waals surface area contributed by atoms with E-state index in [1.807, 2.05) is 18.2 Å². The molecule has 2 aromatic carbocycles. The molecule has 0 amide bonds. The molecule has 0 aliphatic heterocycles. The van der Waals surface area contributed by atoms with E-state index in [1.54, 1.807) is 19.1 Å². The highest BCUT2D eigenvalue weighted by Gasteiger charge is 2.20. The summed E-state index contributed by atoms with van der Waals surface area (Å²) in [5.74, 6) is -0.235. The Morgan fingerprint density at radius 3 is 2.57 bits per heavy atom. The fourth-order valence-electron chi connectivity index (χ4n) is 3.62. The van der Waals surface area contributed by atoms with Gasteiger partial charge >= 0.3 is 0 Å². The molecule has 1 unspecified atom stereocenters. The summed E-state index contributed by atoms with van der Waals surface area (Å²) >= 11 is 0. The van der Waals surface area contributed by atoms with E-state index >= 15 is 0 Å². The van der Waals surface area contributed by atoms with Crippen LogP contribution in [0.3, 0.4) is 0 Å². The van der Waals surface area contributed by atoms with E-state index in [0.29, 0.717) is 11.7 Å². The number of fused-ring (bicyclic) bond motifs is 1. The van der Waals surface area contributed by atoms with Crippen molar-refractivity contribution >= 4 is 15.7 Å². The summed E-state index contributed by atoms with van der Waals surface area (Å²) in [5, 5.41) is 3.57. The number of hydrogen-bond donors (Lipinski definition) is 2. The fraction of sp³-hybridized carbons (Fsp3) is 0.455. The Bertz CT molecular complexity index is 897. The quantitative estimate of drug-likeness (QED) is 0.685. The van der Waals surface area contributed by atoms with Crippen molar-refractivity contribution < 1.29 is 12.8 Å². The third kappa shape index (κ3) is 4.92. The minimum absolute atomic E-state index is 0.184. The Balaban J connectivity index is 1.71. The summed E-state index contributed by atoms with van der Waals surface area (Å²) in [4.78, 5) is 0.184. The van der Waals surface area contributed by atoms with Crippen LogP contribution < -0.4 is 10.0 Å². The molecule has 0 radical (unpaired) electrons. The molecule has 0 fully saturated rings. The normalized spacial score (nSPS) is 17.8. The first-order chi connectivity index (χ1) is 13.4. The van der Waals surface area contributed by atoms with E-state index in [-0.39, 0.29) is 10.8 Å². The first kappa shape index (κ1) is 20.8. The van der Waals surface area contributed by atoms with Gasteiger partial charge in [-0.05, 0) is 73.2 Å². The number of alkyl halides is 1. The largest absolute Gasteiger partial charge is 0.314 e. The second kappa shape index (κ2) is 9.05. The smallest absolute Gasteiger partial charge is 0.261 e. The molecule has 4 nitrogen and oxygen atoms in total. The summed E-state index contributed by atoms with van der Waals surface area (Å²) in [7, 11) is -3.67. The van der Waals surface area contributed by atoms with E-state index in [2.05, 4.69) is 17.0 Å². The number of halogens is 1. The number of benzene rings is 2. The number of rotatable bonds is 8. The topological polar surface area (TPSA) is 58.2 Å². The lowest BCUT2D eigenvalue weighted by Crippen LogP contribution is -2.35. The third-order valence-corrected chi connectivity index (χ3v) is 6.76. The summed E-state index contributed by atoms with van der Waals surface area (Å²) < 4.78 is 40.8. The van der Waals surface area contributed by atoms with Gasteiger partial charge in [-0.15, -0.1) is 0 Å². The minimum Gasteiger partial charge on any atom is -0.314 e. The van der Waals surface area contributed by atoms with Gasteiger partial charge in [0.2, 0.25) is 0 Å². The van der Waals surface area contributed by atoms with E-state index in [9.17, 15) is 12.8 Å². The minimum atomic E-state index is -3.67. The van der Waals surface area contributed by atoms with Crippen LogP contribution in [0.15, 0.2) is 47.4 Å². The molecule has 0 aromatic heterocycles. The van der Waals surface area contributed by atoms with Gasteiger partial charge in [0, 0.05) is 17.6 Å². The molecule has 3 rings (SSSR count). The number of sulfonamides is 1. The van der Waals surface area contributed by atoms with Crippen molar-refractivity contribution in [2.24, 2.45) is 0 Å². The molecule has 0 bridgehead atoms. The van der Waals surface area contributed by atoms with E-state index < -0.39 is 16.7 Å². The molecule has 28 heavy (non-hydrogen) atoms. The highest BCUT2D eigenvalue weighted by molar-refractivity contribution is 7.92. The second-order valence-corrected chi connectivity index (χ2v) is 9.29. The van der Waals surface area contributed by atoms with Crippen molar-refractivity contribution in [1.82, 2.24) is 5.32 Å². The monoisotopic (exact) mass is 404 g/mol. The summed E-state index contributed by atoms with van der Waals surface area (Å²) in [6.07, 6.45) is 4.12. The van der Waals surface area contributed by atoms with E-state index in [0.717, 1.165) is 37.8 Å². The zero-order valence-electron chi connectivity index (χ0n) is 16.5. The van der Waals surface area contributed by atoms with Gasteiger partial charge in [-0.25, -0.2) is 8.42 Å². The van der Waals surface area contributed by atoms with Gasteiger partial charge in [0.15, 0.2) is 0 Å². The zero-order valence-corrected chi connectivity index (χ0v) is 17.4. The van der Waals surface area contributed by atoms with Crippen molar-refractivity contribution in [3.63, 3.8) is 0 Å². The van der Waals surface area contributed by atoms with Crippen molar-refractivity contribution in [1.29, 1.82) is 0 Å². The Hall–Kier alpha value is -1.92. The number of hydrogen-bond acceptors (Lipinski definition) is 3. The average molecular weight is 405 g/mol. The molecule has 1 aliphatic carbocycles. The lowest BCUT2D eigenvalue weighted by molar-refractivity contribution is 0.447. The zero-order chi connectivity index (χ0) is 20.1. The molecular weight excluding hydrogens is 375 g/mol. The number of anilines is 1. The van der Waals surface area contributed by atoms with Crippen LogP contribution in [0, 0.1) is 0 Å². The second-order valence-electron chi connectivity index (χ2n) is 7.61. The predicted octanol–water partition coefficient (Wildman–Crippen LogP) is 4.42. The lowest BCUT2D eigenvalue weighted by atomic mass is 9.88. The molecule has 2 aromatic rings. The molecular formula is C22H29FN2O2S. The standard InChI is InChI=1S/C22H29FN2O2S/c1-3-12-24-20-8-4-19-14-21(9-5-18(19)13-20)25-28(26,27)22-10-6-17(7-11-22)16(2)15-23/h5-7,9-11,14,16,20,24-25H,3-4,8,12-13,15H2,1-2H3/t16-,20?/m1/s1. The third-order valence-electron chi connectivity index (χ3n) is 5.36.